The number of ketones is 1. The summed E-state index contributed by atoms with van der Waals surface area (Å²) in [7, 11) is 1.81. The molecule has 0 aliphatic heterocycles. The largest absolute Gasteiger partial charge is 0.433 e. The molecule has 1 aliphatic rings. The molecule has 2 heterocycles. The van der Waals surface area contributed by atoms with E-state index >= 15 is 0 Å². The van der Waals surface area contributed by atoms with Crippen molar-refractivity contribution in [3.8, 4) is 11.1 Å². The van der Waals surface area contributed by atoms with Crippen molar-refractivity contribution in [1.82, 2.24) is 9.97 Å². The number of nitrogens with one attached hydrogen (secondary N) is 2. The number of aryl methyl sites for hydroxylation is 1. The molecule has 0 atom stereocenters. The quantitative estimate of drug-likeness (QED) is 0.583. The minimum absolute atomic E-state index is 0.148. The average molecular weight is 426 g/mol. The first-order valence-electron chi connectivity index (χ1n) is 9.87. The third kappa shape index (κ3) is 4.10. The summed E-state index contributed by atoms with van der Waals surface area (Å²) in [4.78, 5) is 20.3. The second-order valence-corrected chi connectivity index (χ2v) is 7.47. The van der Waals surface area contributed by atoms with Gasteiger partial charge in [0.1, 0.15) is 11.5 Å². The van der Waals surface area contributed by atoms with Gasteiger partial charge in [0.25, 0.3) is 0 Å². The van der Waals surface area contributed by atoms with E-state index < -0.39 is 11.9 Å². The molecule has 0 spiro atoms. The van der Waals surface area contributed by atoms with Crippen LogP contribution in [0.3, 0.4) is 0 Å². The van der Waals surface area contributed by atoms with Gasteiger partial charge in [-0.1, -0.05) is 12.1 Å². The van der Waals surface area contributed by atoms with Crippen molar-refractivity contribution in [1.29, 1.82) is 0 Å². The van der Waals surface area contributed by atoms with Gasteiger partial charge >= 0.3 is 6.18 Å². The van der Waals surface area contributed by atoms with E-state index in [0.717, 1.165) is 39.6 Å². The highest BCUT2D eigenvalue weighted by Crippen LogP contribution is 2.38. The van der Waals surface area contributed by atoms with Crippen molar-refractivity contribution < 1.29 is 18.0 Å². The summed E-state index contributed by atoms with van der Waals surface area (Å²) in [6.07, 6.45) is -0.259. The van der Waals surface area contributed by atoms with Gasteiger partial charge in [0, 0.05) is 49.2 Å². The lowest BCUT2D eigenvalue weighted by Crippen LogP contribution is -2.09. The van der Waals surface area contributed by atoms with Crippen LogP contribution in [0.4, 0.5) is 24.7 Å². The second kappa shape index (κ2) is 8.02. The fourth-order valence-corrected chi connectivity index (χ4v) is 3.87. The molecule has 4 rings (SSSR count). The number of hydrogen-bond donors (Lipinski definition) is 2. The van der Waals surface area contributed by atoms with Crippen LogP contribution in [0, 0.1) is 6.92 Å². The molecule has 0 bridgehead atoms. The number of benzene rings is 1. The minimum Gasteiger partial charge on any atom is -0.388 e. The first kappa shape index (κ1) is 20.8. The number of carbonyl (C=O) groups is 1. The smallest absolute Gasteiger partial charge is 0.388 e. The number of halogens is 3. The Balaban J connectivity index is 1.54. The summed E-state index contributed by atoms with van der Waals surface area (Å²) in [6.45, 7) is 2.27. The molecule has 2 N–H and O–H groups in total. The minimum atomic E-state index is -4.45. The summed E-state index contributed by atoms with van der Waals surface area (Å²) in [6, 6.07) is 8.18. The lowest BCUT2D eigenvalue weighted by molar-refractivity contribution is -0.141. The number of carbonyl (C=O) groups excluding carboxylic acids is 1. The Morgan fingerprint density at radius 2 is 1.84 bits per heavy atom. The highest BCUT2D eigenvalue weighted by atomic mass is 19.4. The molecule has 0 fully saturated rings. The van der Waals surface area contributed by atoms with Crippen molar-refractivity contribution in [3.63, 3.8) is 0 Å². The van der Waals surface area contributed by atoms with Gasteiger partial charge in [-0.15, -0.1) is 0 Å². The first-order chi connectivity index (χ1) is 14.8. The zero-order valence-corrected chi connectivity index (χ0v) is 17.1. The van der Waals surface area contributed by atoms with E-state index in [4.69, 9.17) is 0 Å². The molecule has 0 saturated heterocycles. The van der Waals surface area contributed by atoms with Crippen LogP contribution in [0.2, 0.25) is 0 Å². The Morgan fingerprint density at radius 1 is 1.03 bits per heavy atom. The van der Waals surface area contributed by atoms with Gasteiger partial charge in [-0.3, -0.25) is 9.78 Å². The molecule has 3 aromatic rings. The second-order valence-electron chi connectivity index (χ2n) is 7.47. The maximum Gasteiger partial charge on any atom is 0.433 e. The predicted octanol–water partition coefficient (Wildman–Crippen LogP) is 5.25. The number of hydrogen-bond acceptors (Lipinski definition) is 5. The number of Topliss-reactive ketones (excluding diaryl/α,β-unsaturated/α-hetero) is 1. The number of aromatic nitrogens is 2. The van der Waals surface area contributed by atoms with Gasteiger partial charge in [-0.2, -0.15) is 13.2 Å². The number of rotatable bonds is 5. The van der Waals surface area contributed by atoms with E-state index in [-0.39, 0.29) is 5.78 Å². The Kier molecular flexibility index (Phi) is 5.39. The van der Waals surface area contributed by atoms with Crippen LogP contribution in [0.5, 0.6) is 0 Å². The lowest BCUT2D eigenvalue weighted by atomic mass is 9.94. The maximum absolute atomic E-state index is 12.6. The summed E-state index contributed by atoms with van der Waals surface area (Å²) in [5.74, 6) is 0.760. The van der Waals surface area contributed by atoms with Crippen LogP contribution in [0.15, 0.2) is 42.7 Å². The van der Waals surface area contributed by atoms with E-state index in [2.05, 4.69) is 20.6 Å². The van der Waals surface area contributed by atoms with E-state index in [9.17, 15) is 18.0 Å². The summed E-state index contributed by atoms with van der Waals surface area (Å²) in [5, 5.41) is 6.21. The van der Waals surface area contributed by atoms with Crippen LogP contribution >= 0.6 is 0 Å². The van der Waals surface area contributed by atoms with Crippen molar-refractivity contribution in [2.24, 2.45) is 0 Å². The zero-order valence-electron chi connectivity index (χ0n) is 17.1. The van der Waals surface area contributed by atoms with Gasteiger partial charge in [-0.25, -0.2) is 4.98 Å². The Bertz CT molecular complexity index is 1140. The molecule has 0 amide bonds. The Morgan fingerprint density at radius 3 is 2.48 bits per heavy atom. The highest BCUT2D eigenvalue weighted by Gasteiger charge is 2.32. The normalized spacial score (nSPS) is 13.3. The molecule has 1 aromatic carbocycles. The molecule has 160 valence electrons. The van der Waals surface area contributed by atoms with Crippen LogP contribution in [0.1, 0.15) is 39.2 Å². The van der Waals surface area contributed by atoms with Crippen molar-refractivity contribution in [2.45, 2.75) is 32.5 Å². The Hall–Kier alpha value is -3.42. The van der Waals surface area contributed by atoms with Crippen molar-refractivity contribution in [3.05, 3.63) is 70.7 Å². The SMILES string of the molecule is CNc1ccc(-c2cnc(NCc3ccc(C(F)(F)F)nc3)cc2C)c2c1C(=O)CC2. The standard InChI is InChI=1S/C23H21F3N4O/c1-13-9-21(29-11-14-3-8-20(28-10-14)23(24,25)26)30-12-17(13)15-4-6-18(27-2)22-16(15)5-7-19(22)31/h3-4,6,8-10,12,27H,5,7,11H2,1-2H3,(H,29,30). The molecule has 5 nitrogen and oxygen atoms in total. The van der Waals surface area contributed by atoms with Crippen molar-refractivity contribution >= 4 is 17.3 Å². The fraction of sp³-hybridized carbons (Fsp3) is 0.261. The van der Waals surface area contributed by atoms with Crippen LogP contribution < -0.4 is 10.6 Å². The van der Waals surface area contributed by atoms with Gasteiger partial charge in [0.05, 0.1) is 0 Å². The summed E-state index contributed by atoms with van der Waals surface area (Å²) >= 11 is 0. The number of alkyl halides is 3. The molecule has 2 aromatic heterocycles. The zero-order chi connectivity index (χ0) is 22.2. The molecule has 8 heteroatoms. The van der Waals surface area contributed by atoms with Crippen molar-refractivity contribution in [2.75, 3.05) is 17.7 Å². The molecule has 31 heavy (non-hydrogen) atoms. The topological polar surface area (TPSA) is 66.9 Å². The highest BCUT2D eigenvalue weighted by molar-refractivity contribution is 6.07. The molecule has 0 unspecified atom stereocenters. The predicted molar refractivity (Wildman–Crippen MR) is 113 cm³/mol. The third-order valence-corrected chi connectivity index (χ3v) is 5.45. The summed E-state index contributed by atoms with van der Waals surface area (Å²) < 4.78 is 37.9. The van der Waals surface area contributed by atoms with E-state index in [1.807, 2.05) is 25.1 Å². The van der Waals surface area contributed by atoms with Gasteiger partial charge in [-0.05, 0) is 53.8 Å². The lowest BCUT2D eigenvalue weighted by Gasteiger charge is -2.15. The molecule has 0 saturated carbocycles. The third-order valence-electron chi connectivity index (χ3n) is 5.45. The molecule has 0 radical (unpaired) electrons. The fourth-order valence-electron chi connectivity index (χ4n) is 3.87. The molecule has 1 aliphatic carbocycles. The van der Waals surface area contributed by atoms with Gasteiger partial charge in [0.15, 0.2) is 5.78 Å². The number of pyridine rings is 2. The van der Waals surface area contributed by atoms with E-state index in [0.29, 0.717) is 30.8 Å². The first-order valence-corrected chi connectivity index (χ1v) is 9.87. The number of anilines is 2. The average Bonchev–Trinajstić information content (AvgIpc) is 3.14. The van der Waals surface area contributed by atoms with E-state index in [1.54, 1.807) is 13.2 Å². The molecular weight excluding hydrogens is 405 g/mol. The van der Waals surface area contributed by atoms with Gasteiger partial charge in [0.2, 0.25) is 0 Å². The maximum atomic E-state index is 12.6. The van der Waals surface area contributed by atoms with Crippen LogP contribution in [-0.2, 0) is 19.1 Å². The van der Waals surface area contributed by atoms with Crippen LogP contribution in [0.25, 0.3) is 11.1 Å². The monoisotopic (exact) mass is 426 g/mol. The number of fused-ring (bicyclic) bond motifs is 1. The van der Waals surface area contributed by atoms with Crippen LogP contribution in [-0.4, -0.2) is 22.8 Å². The number of nitrogens with zero attached hydrogens (tertiary/aromatic N) is 2. The Labute approximate surface area is 177 Å². The summed E-state index contributed by atoms with van der Waals surface area (Å²) in [5.41, 5.74) is 5.30. The van der Waals surface area contributed by atoms with E-state index in [1.165, 1.54) is 12.3 Å². The molecular formula is C23H21F3N4O. The van der Waals surface area contributed by atoms with Gasteiger partial charge < -0.3 is 10.6 Å².